The Hall–Kier alpha value is -1.85. The van der Waals surface area contributed by atoms with Crippen molar-refractivity contribution < 1.29 is 14.3 Å². The van der Waals surface area contributed by atoms with Crippen LogP contribution in [0.15, 0.2) is 41.8 Å². The van der Waals surface area contributed by atoms with Crippen molar-refractivity contribution >= 4 is 17.2 Å². The number of nitrogens with one attached hydrogen (secondary N) is 1. The Morgan fingerprint density at radius 3 is 2.95 bits per heavy atom. The predicted molar refractivity (Wildman–Crippen MR) is 83.7 cm³/mol. The average molecular weight is 305 g/mol. The summed E-state index contributed by atoms with van der Waals surface area (Å²) in [5.74, 6) is 0.700. The van der Waals surface area contributed by atoms with Gasteiger partial charge in [0.15, 0.2) is 0 Å². The van der Waals surface area contributed by atoms with Crippen molar-refractivity contribution in [2.75, 3.05) is 20.3 Å². The highest BCUT2D eigenvalue weighted by atomic mass is 32.1. The van der Waals surface area contributed by atoms with Gasteiger partial charge in [-0.3, -0.25) is 4.79 Å². The van der Waals surface area contributed by atoms with E-state index in [1.165, 1.54) is 4.88 Å². The highest BCUT2D eigenvalue weighted by molar-refractivity contribution is 7.09. The van der Waals surface area contributed by atoms with Crippen molar-refractivity contribution in [2.24, 2.45) is 0 Å². The minimum atomic E-state index is -0.0885. The number of ether oxygens (including phenoxy) is 2. The minimum Gasteiger partial charge on any atom is -0.497 e. The third-order valence-electron chi connectivity index (χ3n) is 2.91. The number of rotatable bonds is 8. The number of thiophene rings is 1. The number of carbonyl (C=O) groups excluding carboxylic acids is 1. The van der Waals surface area contributed by atoms with Gasteiger partial charge in [-0.2, -0.15) is 0 Å². The zero-order valence-electron chi connectivity index (χ0n) is 12.0. The maximum atomic E-state index is 11.6. The first-order chi connectivity index (χ1) is 10.3. The van der Waals surface area contributed by atoms with Gasteiger partial charge in [-0.25, -0.2) is 0 Å². The van der Waals surface area contributed by atoms with Crippen LogP contribution in [0.5, 0.6) is 5.75 Å². The van der Waals surface area contributed by atoms with E-state index < -0.39 is 0 Å². The van der Waals surface area contributed by atoms with Crippen molar-refractivity contribution in [3.05, 3.63) is 52.2 Å². The smallest absolute Gasteiger partial charge is 0.246 e. The molecule has 0 spiro atoms. The molecule has 0 saturated carbocycles. The van der Waals surface area contributed by atoms with Gasteiger partial charge in [0.25, 0.3) is 0 Å². The third-order valence-corrected chi connectivity index (χ3v) is 3.85. The van der Waals surface area contributed by atoms with Crippen LogP contribution < -0.4 is 10.1 Å². The standard InChI is InChI=1S/C16H19NO3S/c1-19-14-5-2-4-13(10-14)11-20-12-16(18)17-8-7-15-6-3-9-21-15/h2-6,9-10H,7-8,11-12H2,1H3,(H,17,18). The lowest BCUT2D eigenvalue weighted by atomic mass is 10.2. The van der Waals surface area contributed by atoms with Crippen LogP contribution in [0.3, 0.4) is 0 Å². The van der Waals surface area contributed by atoms with E-state index in [1.54, 1.807) is 18.4 Å². The predicted octanol–water partition coefficient (Wildman–Crippen LogP) is 2.63. The van der Waals surface area contributed by atoms with Gasteiger partial charge in [0.2, 0.25) is 5.91 Å². The number of hydrogen-bond donors (Lipinski definition) is 1. The lowest BCUT2D eigenvalue weighted by Gasteiger charge is -2.07. The zero-order chi connectivity index (χ0) is 14.9. The Balaban J connectivity index is 1.62. The average Bonchev–Trinajstić information content (AvgIpc) is 3.01. The summed E-state index contributed by atoms with van der Waals surface area (Å²) in [7, 11) is 1.63. The Morgan fingerprint density at radius 2 is 2.19 bits per heavy atom. The lowest BCUT2D eigenvalue weighted by molar-refractivity contribution is -0.126. The van der Waals surface area contributed by atoms with E-state index in [-0.39, 0.29) is 12.5 Å². The molecule has 2 rings (SSSR count). The minimum absolute atomic E-state index is 0.0711. The van der Waals surface area contributed by atoms with Crippen LogP contribution >= 0.6 is 11.3 Å². The first kappa shape index (κ1) is 15.5. The second kappa shape index (κ2) is 8.44. The van der Waals surface area contributed by atoms with Gasteiger partial charge >= 0.3 is 0 Å². The molecule has 0 aliphatic heterocycles. The van der Waals surface area contributed by atoms with E-state index in [9.17, 15) is 4.79 Å². The van der Waals surface area contributed by atoms with E-state index in [2.05, 4.69) is 11.4 Å². The summed E-state index contributed by atoms with van der Waals surface area (Å²) < 4.78 is 10.5. The molecule has 0 aliphatic carbocycles. The summed E-state index contributed by atoms with van der Waals surface area (Å²) in [5.41, 5.74) is 0.987. The normalized spacial score (nSPS) is 10.3. The fourth-order valence-corrected chi connectivity index (χ4v) is 2.56. The van der Waals surface area contributed by atoms with E-state index >= 15 is 0 Å². The number of hydrogen-bond acceptors (Lipinski definition) is 4. The molecule has 1 amide bonds. The monoisotopic (exact) mass is 305 g/mol. The summed E-state index contributed by atoms with van der Waals surface area (Å²) in [4.78, 5) is 12.9. The molecule has 0 fully saturated rings. The van der Waals surface area contributed by atoms with E-state index in [0.29, 0.717) is 13.2 Å². The van der Waals surface area contributed by atoms with Crippen molar-refractivity contribution in [3.8, 4) is 5.75 Å². The van der Waals surface area contributed by atoms with E-state index in [1.807, 2.05) is 35.7 Å². The maximum Gasteiger partial charge on any atom is 0.246 e. The van der Waals surface area contributed by atoms with Crippen LogP contribution in [0.25, 0.3) is 0 Å². The van der Waals surface area contributed by atoms with Crippen molar-refractivity contribution in [2.45, 2.75) is 13.0 Å². The molecule has 1 aromatic heterocycles. The van der Waals surface area contributed by atoms with Crippen LogP contribution in [0, 0.1) is 0 Å². The number of benzene rings is 1. The molecule has 1 N–H and O–H groups in total. The molecular formula is C16H19NO3S. The molecule has 1 aromatic carbocycles. The van der Waals surface area contributed by atoms with E-state index in [4.69, 9.17) is 9.47 Å². The van der Waals surface area contributed by atoms with Gasteiger partial charge in [0.1, 0.15) is 12.4 Å². The van der Waals surface area contributed by atoms with Gasteiger partial charge in [-0.15, -0.1) is 11.3 Å². The van der Waals surface area contributed by atoms with Crippen LogP contribution in [-0.4, -0.2) is 26.2 Å². The summed E-state index contributed by atoms with van der Waals surface area (Å²) in [6.07, 6.45) is 0.860. The van der Waals surface area contributed by atoms with Gasteiger partial charge in [-0.1, -0.05) is 18.2 Å². The zero-order valence-corrected chi connectivity index (χ0v) is 12.8. The third kappa shape index (κ3) is 5.57. The van der Waals surface area contributed by atoms with E-state index in [0.717, 1.165) is 17.7 Å². The second-order valence-electron chi connectivity index (χ2n) is 4.52. The van der Waals surface area contributed by atoms with Crippen molar-refractivity contribution in [1.29, 1.82) is 0 Å². The molecule has 1 heterocycles. The van der Waals surface area contributed by atoms with Crippen LogP contribution in [0.1, 0.15) is 10.4 Å². The lowest BCUT2D eigenvalue weighted by Crippen LogP contribution is -2.29. The number of methoxy groups -OCH3 is 1. The van der Waals surface area contributed by atoms with Crippen molar-refractivity contribution in [1.82, 2.24) is 5.32 Å². The quantitative estimate of drug-likeness (QED) is 0.815. The molecule has 0 radical (unpaired) electrons. The second-order valence-corrected chi connectivity index (χ2v) is 5.56. The highest BCUT2D eigenvalue weighted by Crippen LogP contribution is 2.13. The molecular weight excluding hydrogens is 286 g/mol. The fourth-order valence-electron chi connectivity index (χ4n) is 1.85. The molecule has 112 valence electrons. The molecule has 0 bridgehead atoms. The molecule has 0 unspecified atom stereocenters. The summed E-state index contributed by atoms with van der Waals surface area (Å²) in [6, 6.07) is 11.7. The van der Waals surface area contributed by atoms with Crippen molar-refractivity contribution in [3.63, 3.8) is 0 Å². The largest absolute Gasteiger partial charge is 0.497 e. The Labute approximate surface area is 128 Å². The molecule has 0 saturated heterocycles. The Kier molecular flexibility index (Phi) is 6.24. The van der Waals surface area contributed by atoms with Gasteiger partial charge in [-0.05, 0) is 35.6 Å². The topological polar surface area (TPSA) is 47.6 Å². The first-order valence-corrected chi connectivity index (χ1v) is 7.65. The number of amides is 1. The van der Waals surface area contributed by atoms with Gasteiger partial charge < -0.3 is 14.8 Å². The summed E-state index contributed by atoms with van der Waals surface area (Å²) in [5, 5.41) is 4.88. The molecule has 2 aromatic rings. The van der Waals surface area contributed by atoms with Gasteiger partial charge in [0, 0.05) is 11.4 Å². The van der Waals surface area contributed by atoms with Crippen LogP contribution in [-0.2, 0) is 22.6 Å². The Bertz CT molecular complexity index is 554. The fraction of sp³-hybridized carbons (Fsp3) is 0.312. The Morgan fingerprint density at radius 1 is 1.29 bits per heavy atom. The molecule has 0 aliphatic rings. The highest BCUT2D eigenvalue weighted by Gasteiger charge is 2.02. The summed E-state index contributed by atoms with van der Waals surface area (Å²) >= 11 is 1.70. The van der Waals surface area contributed by atoms with Crippen LogP contribution in [0.2, 0.25) is 0 Å². The number of carbonyl (C=O) groups is 1. The SMILES string of the molecule is COc1cccc(COCC(=O)NCCc2cccs2)c1. The molecule has 0 atom stereocenters. The molecule has 21 heavy (non-hydrogen) atoms. The first-order valence-electron chi connectivity index (χ1n) is 6.77. The van der Waals surface area contributed by atoms with Gasteiger partial charge in [0.05, 0.1) is 13.7 Å². The molecule has 5 heteroatoms. The maximum absolute atomic E-state index is 11.6. The van der Waals surface area contributed by atoms with Crippen LogP contribution in [0.4, 0.5) is 0 Å². The molecule has 4 nitrogen and oxygen atoms in total. The summed E-state index contributed by atoms with van der Waals surface area (Å²) in [6.45, 7) is 1.11.